The zero-order chi connectivity index (χ0) is 31.8. The number of hydrogen-bond donors (Lipinski definition) is 1. The van der Waals surface area contributed by atoms with Crippen LogP contribution in [0.2, 0.25) is 0 Å². The van der Waals surface area contributed by atoms with Crippen molar-refractivity contribution in [3.8, 4) is 5.75 Å². The number of carbonyl (C=O) groups excluding carboxylic acids is 2. The fraction of sp³-hybridized carbons (Fsp3) is 0.294. The highest BCUT2D eigenvalue weighted by Gasteiger charge is 2.23. The molecule has 3 aromatic carbocycles. The Balaban J connectivity index is 0.00000121. The molecule has 0 aliphatic carbocycles. The molecule has 0 saturated heterocycles. The average molecular weight is 653 g/mol. The van der Waals surface area contributed by atoms with E-state index >= 15 is 0 Å². The molecule has 0 saturated carbocycles. The predicted molar refractivity (Wildman–Crippen MR) is 172 cm³/mol. The van der Waals surface area contributed by atoms with Crippen molar-refractivity contribution >= 4 is 27.6 Å². The van der Waals surface area contributed by atoms with E-state index in [4.69, 9.17) is 4.74 Å². The molecule has 0 spiro atoms. The van der Waals surface area contributed by atoms with Crippen LogP contribution in [0.5, 0.6) is 5.75 Å². The van der Waals surface area contributed by atoms with Crippen LogP contribution in [-0.2, 0) is 31.3 Å². The van der Waals surface area contributed by atoms with Crippen LogP contribution in [0.1, 0.15) is 67.1 Å². The zero-order valence-electron chi connectivity index (χ0n) is 25.3. The molecule has 228 valence electrons. The van der Waals surface area contributed by atoms with Gasteiger partial charge in [-0.25, -0.2) is 9.37 Å². The Morgan fingerprint density at radius 3 is 2.09 bits per heavy atom. The maximum absolute atomic E-state index is 13.3. The number of carbonyl (C=O) groups is 2. The van der Waals surface area contributed by atoms with E-state index in [0.29, 0.717) is 17.8 Å². The van der Waals surface area contributed by atoms with Gasteiger partial charge in [0.15, 0.2) is 11.5 Å². The molecule has 1 heterocycles. The van der Waals surface area contributed by atoms with E-state index in [1.54, 1.807) is 7.05 Å². The number of ketones is 1. The molecule has 9 heteroatoms. The summed E-state index contributed by atoms with van der Waals surface area (Å²) >= 11 is 3.40. The Morgan fingerprint density at radius 2 is 1.49 bits per heavy atom. The topological polar surface area (TPSA) is 90.3 Å². The van der Waals surface area contributed by atoms with Crippen molar-refractivity contribution in [2.24, 2.45) is 7.05 Å². The van der Waals surface area contributed by atoms with Crippen LogP contribution >= 0.6 is 15.9 Å². The van der Waals surface area contributed by atoms with Crippen molar-refractivity contribution in [1.82, 2.24) is 14.9 Å². The highest BCUT2D eigenvalue weighted by molar-refractivity contribution is 9.10. The molecule has 0 unspecified atom stereocenters. The first-order chi connectivity index (χ1) is 20.7. The zero-order valence-corrected chi connectivity index (χ0v) is 26.9. The standard InChI is InChI=1S/C29H25BrFN3O4.C3H8.C2H6/c1-34-25(16-20-7-11-22(30)12-8-20)33-26(27(29(34)37)38-18-21-5-3-2-4-6-21)28(36)32-17-24(35)15-19-9-13-23(31)14-10-19;1-3-2;1-2/h2-14H,15-18H2,1H3,(H,32,36);3H2,1-2H3;1-2H3. The Labute approximate surface area is 261 Å². The highest BCUT2D eigenvalue weighted by atomic mass is 79.9. The minimum Gasteiger partial charge on any atom is -0.481 e. The summed E-state index contributed by atoms with van der Waals surface area (Å²) in [5, 5.41) is 2.55. The molecule has 0 bridgehead atoms. The average Bonchev–Trinajstić information content (AvgIpc) is 3.02. The summed E-state index contributed by atoms with van der Waals surface area (Å²) in [5.41, 5.74) is 1.64. The van der Waals surface area contributed by atoms with E-state index in [2.05, 4.69) is 40.1 Å². The van der Waals surface area contributed by atoms with Gasteiger partial charge in [-0.1, -0.05) is 105 Å². The van der Waals surface area contributed by atoms with Crippen LogP contribution in [0, 0.1) is 5.82 Å². The molecule has 0 radical (unpaired) electrons. The van der Waals surface area contributed by atoms with Crippen LogP contribution in [0.4, 0.5) is 4.39 Å². The smallest absolute Gasteiger partial charge is 0.296 e. The van der Waals surface area contributed by atoms with Crippen molar-refractivity contribution in [3.63, 3.8) is 0 Å². The number of ether oxygens (including phenoxy) is 1. The van der Waals surface area contributed by atoms with Gasteiger partial charge in [0.25, 0.3) is 11.5 Å². The van der Waals surface area contributed by atoms with E-state index < -0.39 is 17.3 Å². The lowest BCUT2D eigenvalue weighted by Gasteiger charge is -2.15. The molecule has 43 heavy (non-hydrogen) atoms. The second-order valence-corrected chi connectivity index (χ2v) is 10.3. The summed E-state index contributed by atoms with van der Waals surface area (Å²) in [4.78, 5) is 43.4. The lowest BCUT2D eigenvalue weighted by Crippen LogP contribution is -2.35. The minimum atomic E-state index is -0.699. The molecule has 4 rings (SSSR count). The Morgan fingerprint density at radius 1 is 0.907 bits per heavy atom. The third-order valence-electron chi connectivity index (χ3n) is 5.82. The monoisotopic (exact) mass is 651 g/mol. The van der Waals surface area contributed by atoms with Gasteiger partial charge in [0.05, 0.1) is 6.54 Å². The number of aromatic nitrogens is 2. The lowest BCUT2D eigenvalue weighted by molar-refractivity contribution is -0.117. The molecule has 0 atom stereocenters. The van der Waals surface area contributed by atoms with Crippen molar-refractivity contribution in [3.05, 3.63) is 128 Å². The van der Waals surface area contributed by atoms with Crippen LogP contribution in [0.3, 0.4) is 0 Å². The Hall–Kier alpha value is -4.11. The number of nitrogens with zero attached hydrogens (tertiary/aromatic N) is 2. The number of benzene rings is 3. The van der Waals surface area contributed by atoms with Crippen molar-refractivity contribution < 1.29 is 18.7 Å². The van der Waals surface area contributed by atoms with E-state index in [1.807, 2.05) is 68.4 Å². The normalized spacial score (nSPS) is 10.0. The molecule has 1 amide bonds. The number of hydrogen-bond acceptors (Lipinski definition) is 5. The number of Topliss-reactive ketones (excluding diaryl/α,β-unsaturated/α-hetero) is 1. The number of amides is 1. The maximum atomic E-state index is 13.3. The maximum Gasteiger partial charge on any atom is 0.296 e. The summed E-state index contributed by atoms with van der Waals surface area (Å²) in [6, 6.07) is 22.4. The first kappa shape index (κ1) is 35.1. The van der Waals surface area contributed by atoms with Gasteiger partial charge < -0.3 is 10.1 Å². The van der Waals surface area contributed by atoms with Gasteiger partial charge in [-0.3, -0.25) is 19.0 Å². The molecular weight excluding hydrogens is 613 g/mol. The van der Waals surface area contributed by atoms with Crippen molar-refractivity contribution in [1.29, 1.82) is 0 Å². The van der Waals surface area contributed by atoms with Crippen LogP contribution < -0.4 is 15.6 Å². The molecule has 4 aromatic rings. The van der Waals surface area contributed by atoms with Gasteiger partial charge in [0.1, 0.15) is 18.2 Å². The van der Waals surface area contributed by atoms with Crippen LogP contribution in [0.15, 0.2) is 88.1 Å². The van der Waals surface area contributed by atoms with Crippen molar-refractivity contribution in [2.75, 3.05) is 6.54 Å². The van der Waals surface area contributed by atoms with Gasteiger partial charge >= 0.3 is 0 Å². The van der Waals surface area contributed by atoms with Gasteiger partial charge in [-0.2, -0.15) is 0 Å². The fourth-order valence-corrected chi connectivity index (χ4v) is 4.00. The molecule has 1 N–H and O–H groups in total. The largest absolute Gasteiger partial charge is 0.481 e. The lowest BCUT2D eigenvalue weighted by atomic mass is 10.1. The van der Waals surface area contributed by atoms with E-state index in [1.165, 1.54) is 35.3 Å². The summed E-state index contributed by atoms with van der Waals surface area (Å²) < 4.78 is 21.2. The number of halogens is 2. The van der Waals surface area contributed by atoms with Crippen LogP contribution in [-0.4, -0.2) is 27.8 Å². The van der Waals surface area contributed by atoms with Gasteiger partial charge in [0, 0.05) is 24.4 Å². The minimum absolute atomic E-state index is 0.0245. The number of nitrogens with one attached hydrogen (secondary N) is 1. The molecule has 1 aromatic heterocycles. The van der Waals surface area contributed by atoms with Gasteiger partial charge in [-0.05, 0) is 41.0 Å². The quantitative estimate of drug-likeness (QED) is 0.203. The molecule has 0 aliphatic heterocycles. The first-order valence-electron chi connectivity index (χ1n) is 14.3. The molecule has 0 fully saturated rings. The third kappa shape index (κ3) is 11.2. The van der Waals surface area contributed by atoms with Crippen molar-refractivity contribution in [2.45, 2.75) is 53.6 Å². The Kier molecular flexibility index (Phi) is 15.0. The van der Waals surface area contributed by atoms with E-state index in [0.717, 1.165) is 15.6 Å². The summed E-state index contributed by atoms with van der Waals surface area (Å²) in [5.74, 6) is -1.20. The molecular formula is C34H39BrFN3O4. The highest BCUT2D eigenvalue weighted by Crippen LogP contribution is 2.17. The first-order valence-corrected chi connectivity index (χ1v) is 15.1. The fourth-order valence-electron chi connectivity index (χ4n) is 3.74. The predicted octanol–water partition coefficient (Wildman–Crippen LogP) is 6.84. The van der Waals surface area contributed by atoms with Gasteiger partial charge in [0.2, 0.25) is 5.75 Å². The van der Waals surface area contributed by atoms with E-state index in [9.17, 15) is 18.8 Å². The second-order valence-electron chi connectivity index (χ2n) is 9.38. The number of rotatable bonds is 10. The molecule has 7 nitrogen and oxygen atoms in total. The van der Waals surface area contributed by atoms with E-state index in [-0.39, 0.29) is 36.8 Å². The van der Waals surface area contributed by atoms with Gasteiger partial charge in [-0.15, -0.1) is 0 Å². The third-order valence-corrected chi connectivity index (χ3v) is 6.35. The Bertz CT molecular complexity index is 1510. The second kappa shape index (κ2) is 18.4. The SMILES string of the molecule is CC.CCC.Cn1c(Cc2ccc(Br)cc2)nc(C(=O)NCC(=O)Cc2ccc(F)cc2)c(OCc2ccccc2)c1=O. The molecule has 0 aliphatic rings. The summed E-state index contributed by atoms with van der Waals surface area (Å²) in [6.07, 6.45) is 1.58. The summed E-state index contributed by atoms with van der Waals surface area (Å²) in [7, 11) is 1.58. The van der Waals surface area contributed by atoms with Crippen LogP contribution in [0.25, 0.3) is 0 Å². The summed E-state index contributed by atoms with van der Waals surface area (Å²) in [6.45, 7) is 8.03.